The van der Waals surface area contributed by atoms with Crippen LogP contribution in [-0.2, 0) is 29.2 Å². The summed E-state index contributed by atoms with van der Waals surface area (Å²) in [5, 5.41) is 2.96. The lowest BCUT2D eigenvalue weighted by atomic mass is 10.0. The van der Waals surface area contributed by atoms with Crippen molar-refractivity contribution in [3.63, 3.8) is 0 Å². The van der Waals surface area contributed by atoms with Gasteiger partial charge in [0.1, 0.15) is 18.5 Å². The van der Waals surface area contributed by atoms with Crippen LogP contribution in [0.5, 0.6) is 0 Å². The third-order valence-electron chi connectivity index (χ3n) is 7.74. The minimum Gasteiger partial charge on any atom is -0.379 e. The van der Waals surface area contributed by atoms with Crippen LogP contribution in [0.1, 0.15) is 39.3 Å². The first-order valence-electron chi connectivity index (χ1n) is 14.2. The number of nitrogens with one attached hydrogen (secondary N) is 1. The molecule has 0 aliphatic carbocycles. The van der Waals surface area contributed by atoms with Gasteiger partial charge in [0.15, 0.2) is 0 Å². The van der Waals surface area contributed by atoms with E-state index in [1.165, 1.54) is 33.3 Å². The summed E-state index contributed by atoms with van der Waals surface area (Å²) in [5.74, 6) is 0.954. The molecule has 3 atom stereocenters. The van der Waals surface area contributed by atoms with Gasteiger partial charge in [-0.3, -0.25) is 18.7 Å². The number of methoxy groups -OCH3 is 1. The predicted octanol–water partition coefficient (Wildman–Crippen LogP) is 2.81. The standard InChI is InChI=1S/C19H29F3N4O3.C8H10FN3O/c1-12(2)14(28-4)10-26-15(19(20,21)22)5-6-25-17(27)9-16(23-18(25)26)24-7-8-29-11-13(24)3;9-5-6-4-7(13)12-3-1-2-10-8(12)11-6/h9,12-15H,5-8,10-11H2,1-4H3;4H,1-3,5H2,(H,10,11)/t13-,14?,15+;/m1./s1. The summed E-state index contributed by atoms with van der Waals surface area (Å²) in [6.45, 7) is 7.99. The Morgan fingerprint density at radius 1 is 1.12 bits per heavy atom. The molecule has 5 rings (SSSR count). The number of aromatic nitrogens is 4. The van der Waals surface area contributed by atoms with Crippen molar-refractivity contribution in [1.82, 2.24) is 19.1 Å². The number of hydrogen-bond donors (Lipinski definition) is 1. The quantitative estimate of drug-likeness (QED) is 0.501. The van der Waals surface area contributed by atoms with Gasteiger partial charge in [0, 0.05) is 52.0 Å². The van der Waals surface area contributed by atoms with E-state index >= 15 is 0 Å². The van der Waals surface area contributed by atoms with Gasteiger partial charge < -0.3 is 24.6 Å². The summed E-state index contributed by atoms with van der Waals surface area (Å²) < 4.78 is 67.5. The average Bonchev–Trinajstić information content (AvgIpc) is 2.95. The molecule has 1 fully saturated rings. The summed E-state index contributed by atoms with van der Waals surface area (Å²) in [7, 11) is 1.49. The highest BCUT2D eigenvalue weighted by molar-refractivity contribution is 5.47. The lowest BCUT2D eigenvalue weighted by Gasteiger charge is -2.42. The van der Waals surface area contributed by atoms with Crippen molar-refractivity contribution in [2.45, 2.75) is 77.7 Å². The van der Waals surface area contributed by atoms with Gasteiger partial charge in [0.25, 0.3) is 11.1 Å². The molecule has 1 N–H and O–H groups in total. The number of alkyl halides is 4. The molecule has 42 heavy (non-hydrogen) atoms. The van der Waals surface area contributed by atoms with Crippen molar-refractivity contribution in [1.29, 1.82) is 0 Å². The Morgan fingerprint density at radius 3 is 2.50 bits per heavy atom. The van der Waals surface area contributed by atoms with Crippen LogP contribution in [0.15, 0.2) is 21.7 Å². The van der Waals surface area contributed by atoms with Gasteiger partial charge >= 0.3 is 6.18 Å². The van der Waals surface area contributed by atoms with E-state index in [1.807, 2.05) is 25.7 Å². The molecule has 2 aromatic rings. The molecule has 3 aliphatic rings. The monoisotopic (exact) mass is 601 g/mol. The van der Waals surface area contributed by atoms with Crippen molar-refractivity contribution in [2.24, 2.45) is 5.92 Å². The summed E-state index contributed by atoms with van der Waals surface area (Å²) in [6.07, 6.45) is -4.14. The van der Waals surface area contributed by atoms with E-state index in [2.05, 4.69) is 15.3 Å². The Balaban J connectivity index is 0.000000258. The minimum atomic E-state index is -4.43. The first kappa shape index (κ1) is 31.7. The molecular formula is C27H39F4N7O4. The van der Waals surface area contributed by atoms with Crippen molar-refractivity contribution in [3.8, 4) is 0 Å². The second kappa shape index (κ2) is 13.4. The highest BCUT2D eigenvalue weighted by Gasteiger charge is 2.47. The maximum atomic E-state index is 13.8. The van der Waals surface area contributed by atoms with Gasteiger partial charge in [-0.2, -0.15) is 18.2 Å². The SMILES string of the molecule is COC(CN1c2nc(N3CCOC[C@H]3C)cc(=O)n2CC[C@H]1C(F)(F)F)C(C)C.O=c1cc(CF)nc2n1CCCN2. The van der Waals surface area contributed by atoms with E-state index in [4.69, 9.17) is 9.47 Å². The van der Waals surface area contributed by atoms with E-state index < -0.39 is 25.0 Å². The maximum absolute atomic E-state index is 13.8. The van der Waals surface area contributed by atoms with E-state index in [9.17, 15) is 27.2 Å². The highest BCUT2D eigenvalue weighted by atomic mass is 19.4. The van der Waals surface area contributed by atoms with E-state index in [1.54, 1.807) is 0 Å². The van der Waals surface area contributed by atoms with Gasteiger partial charge in [-0.15, -0.1) is 0 Å². The summed E-state index contributed by atoms with van der Waals surface area (Å²) in [5.41, 5.74) is -0.316. The first-order valence-corrected chi connectivity index (χ1v) is 14.2. The Morgan fingerprint density at radius 2 is 1.86 bits per heavy atom. The summed E-state index contributed by atoms with van der Waals surface area (Å²) in [4.78, 5) is 35.7. The predicted molar refractivity (Wildman–Crippen MR) is 150 cm³/mol. The molecule has 0 aromatic carbocycles. The van der Waals surface area contributed by atoms with Crippen LogP contribution in [0.25, 0.3) is 0 Å². The Kier molecular flexibility index (Phi) is 10.1. The molecule has 0 amide bonds. The number of morpholine rings is 1. The number of ether oxygens (including phenoxy) is 2. The molecule has 15 heteroatoms. The lowest BCUT2D eigenvalue weighted by Crippen LogP contribution is -2.55. The van der Waals surface area contributed by atoms with Gasteiger partial charge in [-0.1, -0.05) is 13.8 Å². The van der Waals surface area contributed by atoms with Crippen molar-refractivity contribution in [2.75, 3.05) is 55.1 Å². The fraction of sp³-hybridized carbons (Fsp3) is 0.704. The number of nitrogens with zero attached hydrogens (tertiary/aromatic N) is 6. The second-order valence-corrected chi connectivity index (χ2v) is 11.0. The zero-order valence-electron chi connectivity index (χ0n) is 24.4. The van der Waals surface area contributed by atoms with Crippen molar-refractivity contribution in [3.05, 3.63) is 38.5 Å². The summed E-state index contributed by atoms with van der Waals surface area (Å²) in [6, 6.07) is 0.934. The number of fused-ring (bicyclic) bond motifs is 2. The molecule has 0 spiro atoms. The molecule has 5 heterocycles. The topological polar surface area (TPSA) is 107 Å². The number of rotatable bonds is 6. The lowest BCUT2D eigenvalue weighted by molar-refractivity contribution is -0.153. The van der Waals surface area contributed by atoms with Gasteiger partial charge in [0.05, 0.1) is 31.1 Å². The first-order chi connectivity index (χ1) is 19.9. The Labute approximate surface area is 241 Å². The van der Waals surface area contributed by atoms with Crippen LogP contribution in [0.3, 0.4) is 0 Å². The van der Waals surface area contributed by atoms with Gasteiger partial charge in [0.2, 0.25) is 11.9 Å². The normalized spacial score (nSPS) is 21.2. The third kappa shape index (κ3) is 7.05. The van der Waals surface area contributed by atoms with Crippen LogP contribution >= 0.6 is 0 Å². The molecular weight excluding hydrogens is 562 g/mol. The van der Waals surface area contributed by atoms with Gasteiger partial charge in [-0.05, 0) is 25.7 Å². The van der Waals surface area contributed by atoms with Crippen molar-refractivity contribution >= 4 is 17.7 Å². The Hall–Kier alpha value is -3.20. The zero-order valence-corrected chi connectivity index (χ0v) is 24.4. The van der Waals surface area contributed by atoms with E-state index in [-0.39, 0.29) is 54.2 Å². The van der Waals surface area contributed by atoms with Crippen LogP contribution in [0.2, 0.25) is 0 Å². The highest BCUT2D eigenvalue weighted by Crippen LogP contribution is 2.35. The van der Waals surface area contributed by atoms with Crippen LogP contribution < -0.4 is 26.2 Å². The molecule has 1 unspecified atom stereocenters. The second-order valence-electron chi connectivity index (χ2n) is 11.0. The summed E-state index contributed by atoms with van der Waals surface area (Å²) >= 11 is 0. The van der Waals surface area contributed by atoms with E-state index in [0.717, 1.165) is 13.0 Å². The molecule has 0 bridgehead atoms. The fourth-order valence-corrected chi connectivity index (χ4v) is 5.38. The minimum absolute atomic E-state index is 0.00685. The molecule has 2 aromatic heterocycles. The van der Waals surface area contributed by atoms with Crippen LogP contribution in [-0.4, -0.2) is 83.4 Å². The van der Waals surface area contributed by atoms with Crippen molar-refractivity contribution < 1.29 is 27.0 Å². The molecule has 11 nitrogen and oxygen atoms in total. The smallest absolute Gasteiger partial charge is 0.379 e. The molecule has 0 radical (unpaired) electrons. The maximum Gasteiger partial charge on any atom is 0.408 e. The molecule has 3 aliphatic heterocycles. The largest absolute Gasteiger partial charge is 0.408 e. The molecule has 1 saturated heterocycles. The van der Waals surface area contributed by atoms with E-state index in [0.29, 0.717) is 38.1 Å². The number of halogens is 4. The van der Waals surface area contributed by atoms with Gasteiger partial charge in [-0.25, -0.2) is 9.37 Å². The Bertz CT molecular complexity index is 1330. The fourth-order valence-electron chi connectivity index (χ4n) is 5.38. The number of anilines is 3. The zero-order chi connectivity index (χ0) is 30.6. The average molecular weight is 602 g/mol. The van der Waals surface area contributed by atoms with Crippen LogP contribution in [0, 0.1) is 5.92 Å². The third-order valence-corrected chi connectivity index (χ3v) is 7.74. The number of hydrogen-bond acceptors (Lipinski definition) is 9. The molecule has 234 valence electrons. The van der Waals surface area contributed by atoms with Crippen LogP contribution in [0.4, 0.5) is 35.3 Å². The molecule has 0 saturated carbocycles.